The highest BCUT2D eigenvalue weighted by Gasteiger charge is 2.52. The van der Waals surface area contributed by atoms with Gasteiger partial charge in [0.1, 0.15) is 28.0 Å². The van der Waals surface area contributed by atoms with Gasteiger partial charge in [-0.25, -0.2) is 29.0 Å². The number of likely N-dealkylation sites (tertiary alicyclic amines) is 1. The van der Waals surface area contributed by atoms with Crippen LogP contribution in [-0.2, 0) is 73.2 Å². The average molecular weight is 1320 g/mol. The maximum Gasteiger partial charge on any atom is 0.358 e. The Balaban J connectivity index is 0.000000105. The van der Waals surface area contributed by atoms with Crippen LogP contribution in [0.3, 0.4) is 0 Å². The van der Waals surface area contributed by atoms with Crippen LogP contribution < -0.4 is 0 Å². The van der Waals surface area contributed by atoms with Crippen LogP contribution in [0, 0.1) is 29.6 Å². The van der Waals surface area contributed by atoms with Gasteiger partial charge in [0.2, 0.25) is 0 Å². The molecule has 97 heavy (non-hydrogen) atoms. The number of aromatic nitrogens is 4. The molecule has 6 fully saturated rings. The standard InChI is InChI=1S/C14H17NO2.C14H16O2.4C13H15NO2/c1-15-8-6-14(7-9-15)12-5-3-2-4-11(12)10-13(16)17-14;1-10-6-8-14(9-7-10)12-5-3-2-4-11(12)13(15)16-14;1-9-2-5-13(6-3-9)11-4-7-14-8-10(11)12(15)16-13;1-9-2-5-13(6-3-9)11-8-14-7-4-10(11)12(15)16-13;1-9-4-6-13(7-5-9)10-3-2-8-14-11(10)12(15)16-13;1-9-4-6-13(7-5-9)11-10(12(15)16-13)3-2-8-14-11/h2-5H,6-10H2,1H3;2-5,10H,6-9H2,1H3;2*4,7-9H,2-3,5-6H2,1H3;2*2-3,8-9H,4-7H2,1H3. The number of benzene rings is 2. The van der Waals surface area contributed by atoms with Crippen molar-refractivity contribution in [2.45, 2.75) is 216 Å². The van der Waals surface area contributed by atoms with Gasteiger partial charge in [-0.2, -0.15) is 0 Å². The molecule has 1 saturated heterocycles. The molecule has 17 nitrogen and oxygen atoms in total. The van der Waals surface area contributed by atoms with Crippen molar-refractivity contribution in [1.29, 1.82) is 0 Å². The summed E-state index contributed by atoms with van der Waals surface area (Å²) in [6.07, 6.45) is 33.3. The number of piperidine rings is 1. The van der Waals surface area contributed by atoms with Crippen molar-refractivity contribution < 1.29 is 57.2 Å². The molecule has 12 aliphatic rings. The second kappa shape index (κ2) is 27.6. The molecule has 5 saturated carbocycles. The van der Waals surface area contributed by atoms with Crippen molar-refractivity contribution in [3.8, 4) is 0 Å². The summed E-state index contributed by atoms with van der Waals surface area (Å²) in [5.74, 6) is 2.70. The van der Waals surface area contributed by atoms with Crippen LogP contribution >= 0.6 is 0 Å². The number of rotatable bonds is 0. The van der Waals surface area contributed by atoms with Gasteiger partial charge in [-0.15, -0.1) is 0 Å². The van der Waals surface area contributed by atoms with E-state index < -0.39 is 5.60 Å². The molecule has 18 rings (SSSR count). The predicted octanol–water partition coefficient (Wildman–Crippen LogP) is 15.6. The van der Waals surface area contributed by atoms with E-state index in [-0.39, 0.29) is 63.8 Å². The third-order valence-corrected chi connectivity index (χ3v) is 23.4. The lowest BCUT2D eigenvalue weighted by Gasteiger charge is -2.43. The number of ether oxygens (including phenoxy) is 6. The van der Waals surface area contributed by atoms with Crippen LogP contribution in [0.2, 0.25) is 0 Å². The van der Waals surface area contributed by atoms with Gasteiger partial charge in [-0.3, -0.25) is 19.7 Å². The van der Waals surface area contributed by atoms with Gasteiger partial charge in [0.05, 0.1) is 34.4 Å². The summed E-state index contributed by atoms with van der Waals surface area (Å²) in [4.78, 5) is 89.5. The molecule has 0 amide bonds. The highest BCUT2D eigenvalue weighted by Crippen LogP contribution is 2.53. The van der Waals surface area contributed by atoms with E-state index in [1.54, 1.807) is 49.3 Å². The number of carbonyl (C=O) groups excluding carboxylic acids is 6. The number of hydrogen-bond donors (Lipinski definition) is 0. The van der Waals surface area contributed by atoms with Crippen LogP contribution in [-0.4, -0.2) is 80.8 Å². The Kier molecular flexibility index (Phi) is 19.2. The number of fused-ring (bicyclic) bond motifs is 12. The predicted molar refractivity (Wildman–Crippen MR) is 362 cm³/mol. The Morgan fingerprint density at radius 3 is 1.33 bits per heavy atom. The molecule has 0 radical (unpaired) electrons. The van der Waals surface area contributed by atoms with Crippen molar-refractivity contribution in [3.63, 3.8) is 0 Å². The van der Waals surface area contributed by atoms with Gasteiger partial charge in [0.15, 0.2) is 11.3 Å². The van der Waals surface area contributed by atoms with Crippen LogP contribution in [0.4, 0.5) is 0 Å². The van der Waals surface area contributed by atoms with Crippen molar-refractivity contribution in [3.05, 3.63) is 189 Å². The highest BCUT2D eigenvalue weighted by atomic mass is 16.6. The first-order valence-corrected chi connectivity index (χ1v) is 35.8. The first kappa shape index (κ1) is 67.4. The zero-order valence-corrected chi connectivity index (χ0v) is 57.2. The molecule has 7 aliphatic heterocycles. The Bertz CT molecular complexity index is 3430. The van der Waals surface area contributed by atoms with E-state index in [1.807, 2.05) is 54.6 Å². The topological polar surface area (TPSA) is 213 Å². The van der Waals surface area contributed by atoms with Gasteiger partial charge in [-0.05, 0) is 213 Å². The first-order valence-electron chi connectivity index (χ1n) is 35.8. The summed E-state index contributed by atoms with van der Waals surface area (Å²) < 4.78 is 33.9. The SMILES string of the molecule is CC1CCC2(CC1)OC(=O)c1ccccc12.CC1CCC2(CC1)OC(=O)c1cccnc12.CC1CCC2(CC1)OC(=O)c1ccncc12.CC1CCC2(CC1)OC(=O)c1cnccc12.CC1CCC2(CC1)OC(=O)c1ncccc12.CN1CCC2(CC1)OC(=O)Cc1ccccc12. The lowest BCUT2D eigenvalue weighted by molar-refractivity contribution is -0.168. The molecule has 17 heteroatoms. The minimum Gasteiger partial charge on any atom is -0.454 e. The molecule has 2 aromatic carbocycles. The second-order valence-electron chi connectivity index (χ2n) is 30.1. The number of carbonyl (C=O) groups is 6. The molecule has 0 atom stereocenters. The summed E-state index contributed by atoms with van der Waals surface area (Å²) in [6.45, 7) is 13.3. The van der Waals surface area contributed by atoms with E-state index in [9.17, 15) is 28.8 Å². The van der Waals surface area contributed by atoms with E-state index in [4.69, 9.17) is 28.4 Å². The fraction of sp³-hybridized carbons (Fsp3) is 0.525. The zero-order valence-electron chi connectivity index (χ0n) is 57.2. The molecular formula is C80H93N5O12. The van der Waals surface area contributed by atoms with E-state index in [2.05, 4.69) is 84.7 Å². The van der Waals surface area contributed by atoms with Gasteiger partial charge < -0.3 is 33.3 Å². The van der Waals surface area contributed by atoms with Crippen LogP contribution in [0.5, 0.6) is 0 Å². The Labute approximate surface area is 569 Å². The summed E-state index contributed by atoms with van der Waals surface area (Å²) in [5.41, 5.74) is 8.69. The highest BCUT2D eigenvalue weighted by molar-refractivity contribution is 5.96. The normalized spacial score (nSPS) is 30.9. The summed E-state index contributed by atoms with van der Waals surface area (Å²) >= 11 is 0. The smallest absolute Gasteiger partial charge is 0.358 e. The molecule has 6 aromatic rings. The minimum atomic E-state index is -0.403. The maximum absolute atomic E-state index is 11.8. The molecule has 0 unspecified atom stereocenters. The van der Waals surface area contributed by atoms with Crippen molar-refractivity contribution >= 4 is 35.8 Å². The lowest BCUT2D eigenvalue weighted by Crippen LogP contribution is -2.46. The molecule has 11 heterocycles. The largest absolute Gasteiger partial charge is 0.454 e. The monoisotopic (exact) mass is 1320 g/mol. The Hall–Kier alpha value is -8.18. The number of esters is 6. The van der Waals surface area contributed by atoms with Gasteiger partial charge in [0.25, 0.3) is 0 Å². The maximum atomic E-state index is 11.8. The molecule has 5 aliphatic carbocycles. The number of hydrogen-bond acceptors (Lipinski definition) is 17. The van der Waals surface area contributed by atoms with E-state index in [0.29, 0.717) is 28.8 Å². The second-order valence-corrected chi connectivity index (χ2v) is 30.1. The van der Waals surface area contributed by atoms with Gasteiger partial charge >= 0.3 is 35.8 Å². The quantitative estimate of drug-likeness (QED) is 0.102. The summed E-state index contributed by atoms with van der Waals surface area (Å²) in [5, 5.41) is 0. The zero-order chi connectivity index (χ0) is 67.7. The van der Waals surface area contributed by atoms with Crippen LogP contribution in [0.1, 0.15) is 267 Å². The summed E-state index contributed by atoms with van der Waals surface area (Å²) in [7, 11) is 2.11. The average Bonchev–Trinajstić information content (AvgIpc) is 1.72. The molecule has 0 bridgehead atoms. The Morgan fingerprint density at radius 2 is 0.742 bits per heavy atom. The van der Waals surface area contributed by atoms with Crippen molar-refractivity contribution in [1.82, 2.24) is 24.8 Å². The Morgan fingerprint density at radius 1 is 0.351 bits per heavy atom. The molecule has 4 aromatic heterocycles. The lowest BCUT2D eigenvalue weighted by atomic mass is 9.75. The molecule has 6 spiro atoms. The van der Waals surface area contributed by atoms with Gasteiger partial charge in [0, 0.05) is 85.4 Å². The minimum absolute atomic E-state index is 0.0757. The first-order chi connectivity index (χ1) is 46.8. The number of nitrogens with zero attached hydrogens (tertiary/aromatic N) is 5. The number of pyridine rings is 4. The fourth-order valence-electron chi connectivity index (χ4n) is 17.1. The van der Waals surface area contributed by atoms with E-state index >= 15 is 0 Å². The fourth-order valence-corrected chi connectivity index (χ4v) is 17.1. The molecular weight excluding hydrogens is 1220 g/mol. The van der Waals surface area contributed by atoms with Crippen molar-refractivity contribution in [2.75, 3.05) is 20.1 Å². The third-order valence-electron chi connectivity index (χ3n) is 23.4. The van der Waals surface area contributed by atoms with Gasteiger partial charge in [-0.1, -0.05) is 83.1 Å². The van der Waals surface area contributed by atoms with Crippen LogP contribution in [0.25, 0.3) is 0 Å². The molecule has 510 valence electrons. The van der Waals surface area contributed by atoms with E-state index in [0.717, 1.165) is 223 Å². The molecule has 0 N–H and O–H groups in total. The van der Waals surface area contributed by atoms with E-state index in [1.165, 1.54) is 5.56 Å². The summed E-state index contributed by atoms with van der Waals surface area (Å²) in [6, 6.07) is 27.2. The van der Waals surface area contributed by atoms with Crippen molar-refractivity contribution in [2.24, 2.45) is 29.6 Å². The third kappa shape index (κ3) is 13.4. The van der Waals surface area contributed by atoms with Crippen LogP contribution in [0.15, 0.2) is 122 Å².